The fourth-order valence-corrected chi connectivity index (χ4v) is 2.19. The molecule has 0 amide bonds. The van der Waals surface area contributed by atoms with Gasteiger partial charge in [-0.25, -0.2) is 0 Å². The van der Waals surface area contributed by atoms with E-state index in [9.17, 15) is 0 Å². The van der Waals surface area contributed by atoms with Gasteiger partial charge in [-0.05, 0) is 40.0 Å². The van der Waals surface area contributed by atoms with Gasteiger partial charge in [-0.1, -0.05) is 6.92 Å². The summed E-state index contributed by atoms with van der Waals surface area (Å²) < 4.78 is 0. The first-order chi connectivity index (χ1) is 5.54. The van der Waals surface area contributed by atoms with Crippen LogP contribution in [-0.2, 0) is 0 Å². The zero-order chi connectivity index (χ0) is 9.19. The van der Waals surface area contributed by atoms with E-state index in [2.05, 4.69) is 27.7 Å². The molecule has 1 heterocycles. The maximum atomic E-state index is 2.36. The summed E-state index contributed by atoms with van der Waals surface area (Å²) in [7, 11) is 0. The minimum atomic E-state index is 0.466. The number of quaternary nitrogens is 1. The lowest BCUT2D eigenvalue weighted by Crippen LogP contribution is -3.20. The van der Waals surface area contributed by atoms with E-state index in [1.807, 2.05) is 0 Å². The summed E-state index contributed by atoms with van der Waals surface area (Å²) in [5.41, 5.74) is 0.466. The molecule has 2 atom stereocenters. The second-order valence-electron chi connectivity index (χ2n) is 5.22. The largest absolute Gasteiger partial charge is 0.331 e. The molecule has 1 saturated heterocycles. The average Bonchev–Trinajstić information content (AvgIpc) is 2.03. The third kappa shape index (κ3) is 2.48. The van der Waals surface area contributed by atoms with Crippen LogP contribution in [-0.4, -0.2) is 18.6 Å². The quantitative estimate of drug-likeness (QED) is 0.608. The summed E-state index contributed by atoms with van der Waals surface area (Å²) >= 11 is 0. The van der Waals surface area contributed by atoms with Crippen molar-refractivity contribution in [3.63, 3.8) is 0 Å². The van der Waals surface area contributed by atoms with Crippen molar-refractivity contribution in [1.29, 1.82) is 0 Å². The van der Waals surface area contributed by atoms with Crippen LogP contribution >= 0.6 is 0 Å². The van der Waals surface area contributed by atoms with E-state index in [4.69, 9.17) is 0 Å². The van der Waals surface area contributed by atoms with Crippen molar-refractivity contribution in [1.82, 2.24) is 0 Å². The highest BCUT2D eigenvalue weighted by Gasteiger charge is 2.30. The van der Waals surface area contributed by atoms with E-state index < -0.39 is 0 Å². The molecule has 1 nitrogen and oxygen atoms in total. The topological polar surface area (TPSA) is 4.44 Å². The molecule has 0 spiro atoms. The average molecular weight is 170 g/mol. The molecular weight excluding hydrogens is 146 g/mol. The monoisotopic (exact) mass is 170 g/mol. The molecule has 0 aromatic rings. The van der Waals surface area contributed by atoms with Crippen LogP contribution in [0.25, 0.3) is 0 Å². The first kappa shape index (κ1) is 10.0. The second-order valence-corrected chi connectivity index (χ2v) is 5.22. The Morgan fingerprint density at radius 2 is 2.00 bits per heavy atom. The summed E-state index contributed by atoms with van der Waals surface area (Å²) in [6.07, 6.45) is 4.28. The molecule has 1 N–H and O–H groups in total. The second kappa shape index (κ2) is 3.78. The number of likely N-dealkylation sites (tertiary alicyclic amines) is 1. The van der Waals surface area contributed by atoms with Gasteiger partial charge in [-0.15, -0.1) is 0 Å². The molecule has 12 heavy (non-hydrogen) atoms. The normalized spacial score (nSPS) is 32.0. The van der Waals surface area contributed by atoms with Crippen molar-refractivity contribution in [3.8, 4) is 0 Å². The number of hydrogen-bond donors (Lipinski definition) is 1. The van der Waals surface area contributed by atoms with Crippen LogP contribution in [0.5, 0.6) is 0 Å². The van der Waals surface area contributed by atoms with Gasteiger partial charge in [0.15, 0.2) is 0 Å². The van der Waals surface area contributed by atoms with Crippen molar-refractivity contribution in [2.75, 3.05) is 13.1 Å². The van der Waals surface area contributed by atoms with Gasteiger partial charge < -0.3 is 4.90 Å². The Hall–Kier alpha value is -0.0400. The van der Waals surface area contributed by atoms with Crippen LogP contribution in [0.3, 0.4) is 0 Å². The summed E-state index contributed by atoms with van der Waals surface area (Å²) in [6, 6.07) is 0. The van der Waals surface area contributed by atoms with Gasteiger partial charge in [0.2, 0.25) is 0 Å². The molecule has 0 radical (unpaired) electrons. The Kier molecular flexibility index (Phi) is 3.16. The molecule has 0 aromatic carbocycles. The summed E-state index contributed by atoms with van der Waals surface area (Å²) in [5, 5.41) is 0. The Morgan fingerprint density at radius 1 is 1.33 bits per heavy atom. The minimum Gasteiger partial charge on any atom is -0.331 e. The van der Waals surface area contributed by atoms with E-state index in [1.54, 1.807) is 4.90 Å². The highest BCUT2D eigenvalue weighted by Crippen LogP contribution is 2.12. The van der Waals surface area contributed by atoms with Gasteiger partial charge in [-0.2, -0.15) is 0 Å². The van der Waals surface area contributed by atoms with Crippen LogP contribution in [0, 0.1) is 5.92 Å². The number of hydrogen-bond acceptors (Lipinski definition) is 0. The standard InChI is InChI=1S/C11H23N/c1-5-10-7-6-8-12(9-10)11(2,3)4/h10H,5-9H2,1-4H3/p+1. The van der Waals surface area contributed by atoms with Crippen LogP contribution in [0.1, 0.15) is 47.0 Å². The molecule has 72 valence electrons. The molecule has 0 aliphatic carbocycles. The molecule has 1 aliphatic rings. The van der Waals surface area contributed by atoms with Crippen LogP contribution < -0.4 is 4.90 Å². The fraction of sp³-hybridized carbons (Fsp3) is 1.00. The van der Waals surface area contributed by atoms with Crippen molar-refractivity contribution in [2.45, 2.75) is 52.5 Å². The molecule has 1 heteroatoms. The molecular formula is C11H24N+. The predicted molar refractivity (Wildman–Crippen MR) is 53.5 cm³/mol. The van der Waals surface area contributed by atoms with Crippen molar-refractivity contribution >= 4 is 0 Å². The first-order valence-corrected chi connectivity index (χ1v) is 5.39. The number of rotatable bonds is 1. The number of piperidine rings is 1. The zero-order valence-corrected chi connectivity index (χ0v) is 9.11. The third-order valence-corrected chi connectivity index (χ3v) is 3.26. The minimum absolute atomic E-state index is 0.466. The van der Waals surface area contributed by atoms with Crippen molar-refractivity contribution < 1.29 is 4.90 Å². The van der Waals surface area contributed by atoms with E-state index >= 15 is 0 Å². The Labute approximate surface area is 77.1 Å². The zero-order valence-electron chi connectivity index (χ0n) is 9.11. The molecule has 0 saturated carbocycles. The van der Waals surface area contributed by atoms with E-state index in [1.165, 1.54) is 32.4 Å². The molecule has 1 fully saturated rings. The highest BCUT2D eigenvalue weighted by atomic mass is 15.2. The summed E-state index contributed by atoms with van der Waals surface area (Å²) in [4.78, 5) is 1.81. The van der Waals surface area contributed by atoms with Gasteiger partial charge in [0.25, 0.3) is 0 Å². The molecule has 1 rings (SSSR count). The lowest BCUT2D eigenvalue weighted by atomic mass is 9.92. The Bertz CT molecular complexity index is 134. The van der Waals surface area contributed by atoms with Gasteiger partial charge in [0, 0.05) is 5.92 Å². The molecule has 1 aliphatic heterocycles. The molecule has 0 bridgehead atoms. The summed E-state index contributed by atoms with van der Waals surface area (Å²) in [5.74, 6) is 0.993. The fourth-order valence-electron chi connectivity index (χ4n) is 2.19. The van der Waals surface area contributed by atoms with Gasteiger partial charge in [0.05, 0.1) is 18.6 Å². The predicted octanol–water partition coefficient (Wildman–Crippen LogP) is 1.49. The maximum absolute atomic E-state index is 2.36. The molecule has 2 unspecified atom stereocenters. The van der Waals surface area contributed by atoms with Gasteiger partial charge in [-0.3, -0.25) is 0 Å². The van der Waals surface area contributed by atoms with Crippen molar-refractivity contribution in [2.24, 2.45) is 5.92 Å². The SMILES string of the molecule is CCC1CCC[NH+](C(C)(C)C)C1. The van der Waals surface area contributed by atoms with Crippen LogP contribution in [0.2, 0.25) is 0 Å². The Balaban J connectivity index is 2.46. The lowest BCUT2D eigenvalue weighted by Gasteiger charge is -2.38. The number of nitrogens with one attached hydrogen (secondary N) is 1. The van der Waals surface area contributed by atoms with Crippen molar-refractivity contribution in [3.05, 3.63) is 0 Å². The summed E-state index contributed by atoms with van der Waals surface area (Å²) in [6.45, 7) is 12.2. The maximum Gasteiger partial charge on any atom is 0.0891 e. The lowest BCUT2D eigenvalue weighted by molar-refractivity contribution is -0.954. The van der Waals surface area contributed by atoms with E-state index in [-0.39, 0.29) is 0 Å². The first-order valence-electron chi connectivity index (χ1n) is 5.39. The van der Waals surface area contributed by atoms with Gasteiger partial charge in [0.1, 0.15) is 0 Å². The molecule has 0 aromatic heterocycles. The van der Waals surface area contributed by atoms with E-state index in [0.717, 1.165) is 5.92 Å². The Morgan fingerprint density at radius 3 is 2.50 bits per heavy atom. The van der Waals surface area contributed by atoms with Crippen LogP contribution in [0.15, 0.2) is 0 Å². The smallest absolute Gasteiger partial charge is 0.0891 e. The van der Waals surface area contributed by atoms with E-state index in [0.29, 0.717) is 5.54 Å². The van der Waals surface area contributed by atoms with Crippen LogP contribution in [0.4, 0.5) is 0 Å². The third-order valence-electron chi connectivity index (χ3n) is 3.26. The van der Waals surface area contributed by atoms with Gasteiger partial charge >= 0.3 is 0 Å². The highest BCUT2D eigenvalue weighted by molar-refractivity contribution is 4.65.